The number of hydrogen-bond acceptors (Lipinski definition) is 7. The van der Waals surface area contributed by atoms with Crippen LogP contribution in [0, 0.1) is 0 Å². The molecule has 1 saturated heterocycles. The Morgan fingerprint density at radius 2 is 1.87 bits per heavy atom. The first-order chi connectivity index (χ1) is 14.7. The van der Waals surface area contributed by atoms with Crippen molar-refractivity contribution < 1.29 is 5.11 Å². The summed E-state index contributed by atoms with van der Waals surface area (Å²) in [5, 5.41) is 18.8. The Bertz CT molecular complexity index is 1130. The molecule has 0 atom stereocenters. The van der Waals surface area contributed by atoms with Gasteiger partial charge in [0, 0.05) is 56.5 Å². The minimum atomic E-state index is -0.273. The molecular formula is C22H28N6O2. The normalized spacial score (nSPS) is 22.5. The summed E-state index contributed by atoms with van der Waals surface area (Å²) in [6.07, 6.45) is 4.51. The second-order valence-electron chi connectivity index (χ2n) is 8.29. The zero-order valence-electron chi connectivity index (χ0n) is 17.3. The predicted molar refractivity (Wildman–Crippen MR) is 119 cm³/mol. The molecule has 2 fully saturated rings. The SMILES string of the molecule is CNc1ncc2c3ccc(N4CCNCC4)cc3c(=O)n(C3CCC(O)CC3)c2n1. The van der Waals surface area contributed by atoms with Crippen molar-refractivity contribution in [3.63, 3.8) is 0 Å². The van der Waals surface area contributed by atoms with Crippen molar-refractivity contribution in [1.82, 2.24) is 19.9 Å². The fraction of sp³-hybridized carbons (Fsp3) is 0.500. The zero-order valence-corrected chi connectivity index (χ0v) is 17.3. The molecule has 8 heteroatoms. The van der Waals surface area contributed by atoms with Crippen molar-refractivity contribution in [3.8, 4) is 0 Å². The van der Waals surface area contributed by atoms with Crippen molar-refractivity contribution >= 4 is 33.4 Å². The summed E-state index contributed by atoms with van der Waals surface area (Å²) in [4.78, 5) is 25.2. The second kappa shape index (κ2) is 7.85. The Hall–Kier alpha value is -2.71. The number of piperazine rings is 1. The Morgan fingerprint density at radius 3 is 2.60 bits per heavy atom. The average Bonchev–Trinajstić information content (AvgIpc) is 2.80. The van der Waals surface area contributed by atoms with Gasteiger partial charge >= 0.3 is 0 Å². The van der Waals surface area contributed by atoms with Crippen LogP contribution in [0.2, 0.25) is 0 Å². The molecule has 3 heterocycles. The molecule has 0 amide bonds. The van der Waals surface area contributed by atoms with Crippen LogP contribution in [-0.4, -0.2) is 59.0 Å². The quantitative estimate of drug-likeness (QED) is 0.570. The van der Waals surface area contributed by atoms with Crippen LogP contribution >= 0.6 is 0 Å². The second-order valence-corrected chi connectivity index (χ2v) is 8.29. The van der Waals surface area contributed by atoms with Crippen molar-refractivity contribution in [3.05, 3.63) is 34.7 Å². The van der Waals surface area contributed by atoms with Gasteiger partial charge in [0.05, 0.1) is 11.5 Å². The first-order valence-corrected chi connectivity index (χ1v) is 10.8. The molecular weight excluding hydrogens is 380 g/mol. The van der Waals surface area contributed by atoms with Crippen molar-refractivity contribution in [2.24, 2.45) is 0 Å². The summed E-state index contributed by atoms with van der Waals surface area (Å²) in [6, 6.07) is 6.20. The number of aromatic nitrogens is 3. The molecule has 1 aromatic carbocycles. The summed E-state index contributed by atoms with van der Waals surface area (Å²) in [6.45, 7) is 3.76. The molecule has 3 N–H and O–H groups in total. The summed E-state index contributed by atoms with van der Waals surface area (Å²) >= 11 is 0. The topological polar surface area (TPSA) is 95.3 Å². The number of nitrogens with zero attached hydrogens (tertiary/aromatic N) is 4. The van der Waals surface area contributed by atoms with E-state index >= 15 is 0 Å². The molecule has 5 rings (SSSR count). The molecule has 1 aliphatic heterocycles. The zero-order chi connectivity index (χ0) is 20.7. The van der Waals surface area contributed by atoms with E-state index in [0.29, 0.717) is 29.8 Å². The van der Waals surface area contributed by atoms with E-state index in [9.17, 15) is 9.90 Å². The fourth-order valence-electron chi connectivity index (χ4n) is 4.81. The molecule has 0 unspecified atom stereocenters. The Kier molecular flexibility index (Phi) is 5.04. The Labute approximate surface area is 174 Å². The molecule has 0 spiro atoms. The van der Waals surface area contributed by atoms with Crippen molar-refractivity contribution in [1.29, 1.82) is 0 Å². The number of nitrogens with one attached hydrogen (secondary N) is 2. The van der Waals surface area contributed by atoms with E-state index in [1.165, 1.54) is 0 Å². The van der Waals surface area contributed by atoms with Gasteiger partial charge in [0.2, 0.25) is 5.95 Å². The molecule has 0 bridgehead atoms. The van der Waals surface area contributed by atoms with Gasteiger partial charge in [-0.3, -0.25) is 9.36 Å². The highest BCUT2D eigenvalue weighted by Crippen LogP contribution is 2.32. The van der Waals surface area contributed by atoms with Crippen LogP contribution < -0.4 is 21.1 Å². The lowest BCUT2D eigenvalue weighted by Gasteiger charge is -2.30. The molecule has 3 aromatic rings. The first kappa shape index (κ1) is 19.3. The van der Waals surface area contributed by atoms with E-state index in [4.69, 9.17) is 0 Å². The van der Waals surface area contributed by atoms with Crippen molar-refractivity contribution in [2.45, 2.75) is 37.8 Å². The smallest absolute Gasteiger partial charge is 0.260 e. The van der Waals surface area contributed by atoms with Crippen LogP contribution in [0.25, 0.3) is 21.8 Å². The number of rotatable bonds is 3. The number of fused-ring (bicyclic) bond motifs is 3. The minimum Gasteiger partial charge on any atom is -0.393 e. The van der Waals surface area contributed by atoms with E-state index in [1.54, 1.807) is 7.05 Å². The Balaban J connectivity index is 1.73. The van der Waals surface area contributed by atoms with Gasteiger partial charge in [-0.2, -0.15) is 4.98 Å². The maximum Gasteiger partial charge on any atom is 0.260 e. The van der Waals surface area contributed by atoms with Crippen LogP contribution in [0.15, 0.2) is 29.2 Å². The lowest BCUT2D eigenvalue weighted by atomic mass is 9.92. The van der Waals surface area contributed by atoms with Crippen LogP contribution in [0.5, 0.6) is 0 Å². The van der Waals surface area contributed by atoms with Gasteiger partial charge in [0.15, 0.2) is 0 Å². The lowest BCUT2D eigenvalue weighted by molar-refractivity contribution is 0.111. The van der Waals surface area contributed by atoms with Gasteiger partial charge in [0.1, 0.15) is 5.65 Å². The van der Waals surface area contributed by atoms with E-state index in [1.807, 2.05) is 22.9 Å². The molecule has 1 aliphatic carbocycles. The monoisotopic (exact) mass is 408 g/mol. The highest BCUT2D eigenvalue weighted by atomic mass is 16.3. The summed E-state index contributed by atoms with van der Waals surface area (Å²) < 4.78 is 1.85. The highest BCUT2D eigenvalue weighted by Gasteiger charge is 2.25. The van der Waals surface area contributed by atoms with E-state index < -0.39 is 0 Å². The van der Waals surface area contributed by atoms with Gasteiger partial charge in [-0.15, -0.1) is 0 Å². The minimum absolute atomic E-state index is 0.00312. The lowest BCUT2D eigenvalue weighted by Crippen LogP contribution is -2.43. The van der Waals surface area contributed by atoms with Gasteiger partial charge in [0.25, 0.3) is 5.56 Å². The Morgan fingerprint density at radius 1 is 1.10 bits per heavy atom. The number of anilines is 2. The summed E-state index contributed by atoms with van der Waals surface area (Å²) in [5.74, 6) is 0.503. The van der Waals surface area contributed by atoms with E-state index in [0.717, 1.165) is 55.5 Å². The molecule has 1 saturated carbocycles. The molecule has 0 radical (unpaired) electrons. The van der Waals surface area contributed by atoms with Gasteiger partial charge in [-0.05, 0) is 43.2 Å². The molecule has 158 valence electrons. The van der Waals surface area contributed by atoms with Gasteiger partial charge in [-0.25, -0.2) is 4.98 Å². The van der Waals surface area contributed by atoms with E-state index in [2.05, 4.69) is 31.6 Å². The maximum atomic E-state index is 13.7. The summed E-state index contributed by atoms with van der Waals surface area (Å²) in [7, 11) is 1.78. The largest absolute Gasteiger partial charge is 0.393 e. The number of pyridine rings is 1. The molecule has 8 nitrogen and oxygen atoms in total. The van der Waals surface area contributed by atoms with Crippen LogP contribution in [0.1, 0.15) is 31.7 Å². The molecule has 2 aromatic heterocycles. The van der Waals surface area contributed by atoms with Crippen LogP contribution in [-0.2, 0) is 0 Å². The average molecular weight is 409 g/mol. The van der Waals surface area contributed by atoms with Gasteiger partial charge in [-0.1, -0.05) is 6.07 Å². The van der Waals surface area contributed by atoms with E-state index in [-0.39, 0.29) is 17.7 Å². The number of aliphatic hydroxyl groups excluding tert-OH is 1. The first-order valence-electron chi connectivity index (χ1n) is 10.8. The number of benzene rings is 1. The third-order valence-electron chi connectivity index (χ3n) is 6.48. The van der Waals surface area contributed by atoms with Crippen LogP contribution in [0.3, 0.4) is 0 Å². The highest BCUT2D eigenvalue weighted by molar-refractivity contribution is 6.05. The standard InChI is InChI=1S/C22H28N6O2/c1-23-22-25-13-19-17-7-4-15(27-10-8-24-9-11-27)12-18(17)21(30)28(20(19)26-22)14-2-5-16(29)6-3-14/h4,7,12-14,16,24,29H,2-3,5-6,8-11H2,1H3,(H,23,25,26). The number of hydrogen-bond donors (Lipinski definition) is 3. The van der Waals surface area contributed by atoms with Crippen molar-refractivity contribution in [2.75, 3.05) is 43.4 Å². The predicted octanol–water partition coefficient (Wildman–Crippen LogP) is 1.87. The summed E-state index contributed by atoms with van der Waals surface area (Å²) in [5.41, 5.74) is 1.75. The third-order valence-corrected chi connectivity index (χ3v) is 6.48. The fourth-order valence-corrected chi connectivity index (χ4v) is 4.81. The number of aliphatic hydroxyl groups is 1. The van der Waals surface area contributed by atoms with Gasteiger partial charge < -0.3 is 20.6 Å². The molecule has 2 aliphatic rings. The maximum absolute atomic E-state index is 13.7. The third kappa shape index (κ3) is 3.30. The molecule has 30 heavy (non-hydrogen) atoms. The van der Waals surface area contributed by atoms with Crippen LogP contribution in [0.4, 0.5) is 11.6 Å².